The molecular weight excluding hydrogens is 194 g/mol. The fraction of sp³-hybridized carbons (Fsp3) is 0.100. The average molecular weight is 201 g/mol. The van der Waals surface area contributed by atoms with Crippen LogP contribution < -0.4 is 5.43 Å². The molecule has 0 aromatic rings. The molecule has 0 saturated carbocycles. The Kier molecular flexibility index (Phi) is 2.33. The highest BCUT2D eigenvalue weighted by atomic mass is 16.5. The summed E-state index contributed by atoms with van der Waals surface area (Å²) in [5.41, 5.74) is 3.02. The van der Waals surface area contributed by atoms with Gasteiger partial charge in [-0.15, -0.1) is 5.10 Å². The average Bonchev–Trinajstić information content (AvgIpc) is 2.24. The maximum atomic E-state index is 10.1. The lowest BCUT2D eigenvalue weighted by Crippen LogP contribution is -2.26. The van der Waals surface area contributed by atoms with Crippen LogP contribution in [-0.2, 0) is 9.53 Å². The Morgan fingerprint density at radius 2 is 2.40 bits per heavy atom. The lowest BCUT2D eigenvalue weighted by molar-refractivity contribution is -0.124. The molecule has 5 heteroatoms. The van der Waals surface area contributed by atoms with Crippen LogP contribution in [0.4, 0.5) is 0 Å². The normalized spacial score (nSPS) is 13.9. The SMILES string of the molecule is N#Cc1cc2ccc1=2.O=C1COC=NN1. The van der Waals surface area contributed by atoms with Crippen molar-refractivity contribution in [2.75, 3.05) is 6.61 Å². The van der Waals surface area contributed by atoms with Crippen molar-refractivity contribution in [2.45, 2.75) is 0 Å². The van der Waals surface area contributed by atoms with Gasteiger partial charge in [-0.2, -0.15) is 5.26 Å². The number of benzene rings is 1. The van der Waals surface area contributed by atoms with Gasteiger partial charge in [0.05, 0.1) is 11.6 Å². The Balaban J connectivity index is 0.000000115. The fourth-order valence-electron chi connectivity index (χ4n) is 1.16. The molecule has 3 rings (SSSR count). The second-order valence-electron chi connectivity index (χ2n) is 2.95. The van der Waals surface area contributed by atoms with Crippen molar-refractivity contribution in [3.63, 3.8) is 0 Å². The third kappa shape index (κ3) is 1.79. The Labute approximate surface area is 85.3 Å². The first-order valence-electron chi connectivity index (χ1n) is 4.28. The number of ether oxygens (including phenoxy) is 1. The standard InChI is InChI=1S/C7H3N.C3H4N2O2/c8-4-6-3-5-1-2-7(5)6;6-3-1-7-2-4-5-3/h1-3H;2H,1H2,(H,5,6). The maximum Gasteiger partial charge on any atom is 0.278 e. The number of nitrogens with one attached hydrogen (secondary N) is 1. The largest absolute Gasteiger partial charge is 0.472 e. The molecule has 0 saturated heterocycles. The minimum Gasteiger partial charge on any atom is -0.472 e. The number of hydrazone groups is 1. The van der Waals surface area contributed by atoms with Crippen LogP contribution >= 0.6 is 0 Å². The smallest absolute Gasteiger partial charge is 0.278 e. The topological polar surface area (TPSA) is 74.5 Å². The van der Waals surface area contributed by atoms with E-state index in [1.165, 1.54) is 11.6 Å². The summed E-state index contributed by atoms with van der Waals surface area (Å²) in [7, 11) is 0. The summed E-state index contributed by atoms with van der Waals surface area (Å²) in [6.45, 7) is 0.0868. The van der Waals surface area contributed by atoms with Crippen LogP contribution in [0.25, 0.3) is 0 Å². The second-order valence-corrected chi connectivity index (χ2v) is 2.95. The molecule has 1 aliphatic heterocycles. The van der Waals surface area contributed by atoms with Gasteiger partial charge < -0.3 is 4.74 Å². The number of nitriles is 1. The minimum absolute atomic E-state index is 0.0868. The molecule has 15 heavy (non-hydrogen) atoms. The minimum atomic E-state index is -0.206. The number of carbonyl (C=O) groups is 1. The van der Waals surface area contributed by atoms with Gasteiger partial charge in [-0.05, 0) is 16.5 Å². The van der Waals surface area contributed by atoms with Crippen molar-refractivity contribution in [1.29, 1.82) is 5.26 Å². The summed E-state index contributed by atoms with van der Waals surface area (Å²) in [5, 5.41) is 14.0. The molecule has 0 spiro atoms. The van der Waals surface area contributed by atoms with Crippen molar-refractivity contribution in [3.8, 4) is 6.07 Å². The summed E-state index contributed by atoms with van der Waals surface area (Å²) < 4.78 is 4.48. The second kappa shape index (κ2) is 3.80. The molecule has 0 bridgehead atoms. The highest BCUT2D eigenvalue weighted by molar-refractivity contribution is 5.80. The molecule has 2 aliphatic carbocycles. The van der Waals surface area contributed by atoms with Gasteiger partial charge in [0, 0.05) is 0 Å². The predicted octanol–water partition coefficient (Wildman–Crippen LogP) is 0.235. The number of rotatable bonds is 0. The van der Waals surface area contributed by atoms with Crippen LogP contribution in [0.3, 0.4) is 0 Å². The van der Waals surface area contributed by atoms with Crippen LogP contribution in [0.15, 0.2) is 23.3 Å². The summed E-state index contributed by atoms with van der Waals surface area (Å²) in [4.78, 5) is 10.1. The molecule has 74 valence electrons. The van der Waals surface area contributed by atoms with Gasteiger partial charge in [0.2, 0.25) is 0 Å². The van der Waals surface area contributed by atoms with Gasteiger partial charge in [0.25, 0.3) is 5.91 Å². The van der Waals surface area contributed by atoms with E-state index in [1.807, 2.05) is 18.2 Å². The van der Waals surface area contributed by atoms with Gasteiger partial charge in [-0.1, -0.05) is 12.1 Å². The molecule has 1 N–H and O–H groups in total. The first kappa shape index (κ1) is 9.21. The third-order valence-corrected chi connectivity index (χ3v) is 1.98. The van der Waals surface area contributed by atoms with Crippen LogP contribution in [0, 0.1) is 21.8 Å². The van der Waals surface area contributed by atoms with E-state index < -0.39 is 0 Å². The Morgan fingerprint density at radius 3 is 2.60 bits per heavy atom. The molecule has 0 atom stereocenters. The van der Waals surface area contributed by atoms with Gasteiger partial charge >= 0.3 is 0 Å². The Bertz CT molecular complexity index is 557. The van der Waals surface area contributed by atoms with E-state index in [4.69, 9.17) is 5.26 Å². The van der Waals surface area contributed by atoms with E-state index in [-0.39, 0.29) is 12.5 Å². The number of hydrogen-bond acceptors (Lipinski definition) is 4. The van der Waals surface area contributed by atoms with Gasteiger partial charge in [0.15, 0.2) is 13.0 Å². The van der Waals surface area contributed by atoms with E-state index in [9.17, 15) is 4.79 Å². The zero-order valence-corrected chi connectivity index (χ0v) is 7.73. The quantitative estimate of drug-likeness (QED) is 0.663. The number of nitrogens with zero attached hydrogens (tertiary/aromatic N) is 2. The fourth-order valence-corrected chi connectivity index (χ4v) is 1.16. The molecule has 0 radical (unpaired) electrons. The molecule has 0 unspecified atom stereocenters. The van der Waals surface area contributed by atoms with Gasteiger partial charge in [0.1, 0.15) is 0 Å². The van der Waals surface area contributed by atoms with Crippen LogP contribution in [-0.4, -0.2) is 18.9 Å². The van der Waals surface area contributed by atoms with E-state index in [0.29, 0.717) is 0 Å². The van der Waals surface area contributed by atoms with E-state index in [0.717, 1.165) is 10.8 Å². The number of hydrogen-bond donors (Lipinski definition) is 1. The van der Waals surface area contributed by atoms with Crippen LogP contribution in [0.5, 0.6) is 0 Å². The van der Waals surface area contributed by atoms with Crippen molar-refractivity contribution >= 4 is 12.3 Å². The molecule has 0 aromatic heterocycles. The Morgan fingerprint density at radius 1 is 1.53 bits per heavy atom. The van der Waals surface area contributed by atoms with Crippen molar-refractivity contribution in [2.24, 2.45) is 5.10 Å². The van der Waals surface area contributed by atoms with E-state index in [1.54, 1.807) is 0 Å². The molecule has 0 fully saturated rings. The number of amides is 1. The lowest BCUT2D eigenvalue weighted by Gasteiger charge is -2.02. The van der Waals surface area contributed by atoms with Gasteiger partial charge in [-0.25, -0.2) is 5.43 Å². The molecule has 3 aliphatic rings. The summed E-state index contributed by atoms with van der Waals surface area (Å²) in [6, 6.07) is 7.96. The third-order valence-electron chi connectivity index (χ3n) is 1.98. The van der Waals surface area contributed by atoms with Crippen LogP contribution in [0.1, 0.15) is 5.56 Å². The first-order valence-corrected chi connectivity index (χ1v) is 4.28. The van der Waals surface area contributed by atoms with Crippen molar-refractivity contribution in [3.05, 3.63) is 34.2 Å². The summed E-state index contributed by atoms with van der Waals surface area (Å²) >= 11 is 0. The highest BCUT2D eigenvalue weighted by Gasteiger charge is 2.02. The van der Waals surface area contributed by atoms with Crippen LogP contribution in [0.2, 0.25) is 0 Å². The zero-order chi connectivity index (χ0) is 10.7. The van der Waals surface area contributed by atoms with E-state index in [2.05, 4.69) is 21.3 Å². The maximum absolute atomic E-state index is 10.1. The molecule has 0 aromatic carbocycles. The lowest BCUT2D eigenvalue weighted by atomic mass is 10.0. The zero-order valence-electron chi connectivity index (χ0n) is 7.73. The predicted molar refractivity (Wildman–Crippen MR) is 51.4 cm³/mol. The number of carbonyl (C=O) groups excluding carboxylic acids is 1. The molecular formula is C10H7N3O2. The van der Waals surface area contributed by atoms with Gasteiger partial charge in [-0.3, -0.25) is 4.79 Å². The molecule has 1 heterocycles. The van der Waals surface area contributed by atoms with E-state index >= 15 is 0 Å². The summed E-state index contributed by atoms with van der Waals surface area (Å²) in [6.07, 6.45) is 1.20. The monoisotopic (exact) mass is 201 g/mol. The molecule has 1 amide bonds. The van der Waals surface area contributed by atoms with Crippen molar-refractivity contribution < 1.29 is 9.53 Å². The summed E-state index contributed by atoms with van der Waals surface area (Å²) in [5.74, 6) is -0.206. The highest BCUT2D eigenvalue weighted by Crippen LogP contribution is 2.13. The van der Waals surface area contributed by atoms with Crippen molar-refractivity contribution in [1.82, 2.24) is 5.43 Å². The Hall–Kier alpha value is -2.35. The molecule has 5 nitrogen and oxygen atoms in total. The first-order chi connectivity index (χ1) is 7.31.